The molecule has 86 valence electrons. The molecular weight excluding hydrogens is 218 g/mol. The number of carboxylic acid groups (broad SMARTS) is 1. The fraction of sp³-hybridized carbons (Fsp3) is 0.167. The van der Waals surface area contributed by atoms with Crippen molar-refractivity contribution in [1.29, 1.82) is 0 Å². The van der Waals surface area contributed by atoms with Gasteiger partial charge in [0.15, 0.2) is 0 Å². The average molecular weight is 229 g/mol. The molecule has 0 atom stereocenters. The van der Waals surface area contributed by atoms with Crippen molar-refractivity contribution >= 4 is 5.97 Å². The number of fused-ring (bicyclic) bond motifs is 3. The molecule has 0 saturated heterocycles. The summed E-state index contributed by atoms with van der Waals surface area (Å²) in [4.78, 5) is 18.5. The van der Waals surface area contributed by atoms with E-state index >= 15 is 0 Å². The highest BCUT2D eigenvalue weighted by Gasteiger charge is 2.23. The standard InChI is InChI=1S/C12H11N3O2/c16-12(17)8-5-15-9-6-13-4-7-2-1-3-14-11(7)10(8)9/h1-3,5,13,15H,4,6H2,(H,16,17). The van der Waals surface area contributed by atoms with Gasteiger partial charge in [-0.2, -0.15) is 0 Å². The molecule has 1 aliphatic rings. The fourth-order valence-electron chi connectivity index (χ4n) is 2.17. The van der Waals surface area contributed by atoms with E-state index < -0.39 is 5.97 Å². The van der Waals surface area contributed by atoms with Crippen LogP contribution in [0.15, 0.2) is 24.5 Å². The summed E-state index contributed by atoms with van der Waals surface area (Å²) in [7, 11) is 0. The Morgan fingerprint density at radius 3 is 3.12 bits per heavy atom. The number of aromatic amines is 1. The number of hydrogen-bond acceptors (Lipinski definition) is 3. The minimum absolute atomic E-state index is 0.281. The second-order valence-electron chi connectivity index (χ2n) is 3.98. The van der Waals surface area contributed by atoms with Crippen LogP contribution in [0, 0.1) is 0 Å². The molecule has 0 radical (unpaired) electrons. The molecule has 3 rings (SSSR count). The third-order valence-electron chi connectivity index (χ3n) is 2.94. The van der Waals surface area contributed by atoms with Crippen molar-refractivity contribution in [2.75, 3.05) is 0 Å². The van der Waals surface area contributed by atoms with E-state index in [2.05, 4.69) is 15.3 Å². The highest BCUT2D eigenvalue weighted by Crippen LogP contribution is 2.30. The maximum absolute atomic E-state index is 11.2. The van der Waals surface area contributed by atoms with Gasteiger partial charge in [-0.1, -0.05) is 6.07 Å². The average Bonchev–Trinajstić information content (AvgIpc) is 2.66. The highest BCUT2D eigenvalue weighted by molar-refractivity contribution is 5.96. The number of aromatic nitrogens is 2. The van der Waals surface area contributed by atoms with Crippen LogP contribution in [-0.2, 0) is 13.1 Å². The number of H-pyrrole nitrogens is 1. The van der Waals surface area contributed by atoms with Crippen LogP contribution in [0.4, 0.5) is 0 Å². The maximum atomic E-state index is 11.2. The van der Waals surface area contributed by atoms with Gasteiger partial charge in [0.25, 0.3) is 0 Å². The third kappa shape index (κ3) is 1.52. The van der Waals surface area contributed by atoms with Gasteiger partial charge >= 0.3 is 5.97 Å². The van der Waals surface area contributed by atoms with E-state index in [4.69, 9.17) is 0 Å². The summed E-state index contributed by atoms with van der Waals surface area (Å²) in [6, 6.07) is 3.82. The van der Waals surface area contributed by atoms with E-state index in [0.717, 1.165) is 17.0 Å². The Balaban J connectivity index is 2.30. The number of nitrogens with zero attached hydrogens (tertiary/aromatic N) is 1. The van der Waals surface area contributed by atoms with Crippen LogP contribution in [-0.4, -0.2) is 21.0 Å². The van der Waals surface area contributed by atoms with Gasteiger partial charge in [-0.15, -0.1) is 0 Å². The quantitative estimate of drug-likeness (QED) is 0.690. The molecule has 5 heteroatoms. The molecule has 1 aliphatic heterocycles. The van der Waals surface area contributed by atoms with Crippen LogP contribution in [0.2, 0.25) is 0 Å². The van der Waals surface area contributed by atoms with E-state index in [9.17, 15) is 9.90 Å². The lowest BCUT2D eigenvalue weighted by Crippen LogP contribution is -2.10. The summed E-state index contributed by atoms with van der Waals surface area (Å²) in [6.45, 7) is 1.32. The van der Waals surface area contributed by atoms with Gasteiger partial charge in [0, 0.05) is 36.7 Å². The molecule has 0 spiro atoms. The monoisotopic (exact) mass is 229 g/mol. The molecule has 0 amide bonds. The second-order valence-corrected chi connectivity index (χ2v) is 3.98. The van der Waals surface area contributed by atoms with E-state index in [1.165, 1.54) is 6.20 Å². The Kier molecular flexibility index (Phi) is 2.19. The van der Waals surface area contributed by atoms with Crippen molar-refractivity contribution in [2.24, 2.45) is 0 Å². The Hall–Kier alpha value is -2.14. The van der Waals surface area contributed by atoms with Crippen LogP contribution in [0.1, 0.15) is 21.6 Å². The summed E-state index contributed by atoms with van der Waals surface area (Å²) in [5.74, 6) is -0.930. The number of rotatable bonds is 1. The maximum Gasteiger partial charge on any atom is 0.337 e. The summed E-state index contributed by atoms with van der Waals surface area (Å²) >= 11 is 0. The van der Waals surface area contributed by atoms with E-state index in [1.54, 1.807) is 6.20 Å². The van der Waals surface area contributed by atoms with Crippen LogP contribution < -0.4 is 5.32 Å². The van der Waals surface area contributed by atoms with Gasteiger partial charge in [-0.3, -0.25) is 4.98 Å². The first kappa shape index (κ1) is 10.0. The topological polar surface area (TPSA) is 78.0 Å². The number of hydrogen-bond donors (Lipinski definition) is 3. The molecule has 0 bridgehead atoms. The van der Waals surface area contributed by atoms with Gasteiger partial charge in [0.1, 0.15) is 0 Å². The van der Waals surface area contributed by atoms with Gasteiger partial charge in [-0.25, -0.2) is 4.79 Å². The number of pyridine rings is 1. The van der Waals surface area contributed by atoms with Crippen LogP contribution >= 0.6 is 0 Å². The first-order valence-corrected chi connectivity index (χ1v) is 5.36. The Morgan fingerprint density at radius 2 is 2.29 bits per heavy atom. The normalized spacial score (nSPS) is 13.6. The van der Waals surface area contributed by atoms with Gasteiger partial charge < -0.3 is 15.4 Å². The molecule has 3 heterocycles. The molecule has 0 unspecified atom stereocenters. The molecule has 2 aromatic rings. The first-order valence-electron chi connectivity index (χ1n) is 5.36. The molecule has 2 aromatic heterocycles. The number of aromatic carboxylic acids is 1. The molecular formula is C12H11N3O2. The second kappa shape index (κ2) is 3.71. The SMILES string of the molecule is O=C(O)c1c[nH]c2c1-c1ncccc1CNC2. The lowest BCUT2D eigenvalue weighted by atomic mass is 10.0. The molecule has 3 N–H and O–H groups in total. The zero-order valence-corrected chi connectivity index (χ0v) is 9.03. The predicted octanol–water partition coefficient (Wildman–Crippen LogP) is 1.38. The van der Waals surface area contributed by atoms with Crippen molar-refractivity contribution in [3.63, 3.8) is 0 Å². The molecule has 0 fully saturated rings. The highest BCUT2D eigenvalue weighted by atomic mass is 16.4. The van der Waals surface area contributed by atoms with E-state index in [0.29, 0.717) is 18.7 Å². The van der Waals surface area contributed by atoms with Crippen LogP contribution in [0.3, 0.4) is 0 Å². The summed E-state index contributed by atoms with van der Waals surface area (Å²) in [6.07, 6.45) is 3.21. The van der Waals surface area contributed by atoms with Crippen molar-refractivity contribution in [2.45, 2.75) is 13.1 Å². The van der Waals surface area contributed by atoms with Crippen molar-refractivity contribution < 1.29 is 9.90 Å². The number of carbonyl (C=O) groups is 1. The Labute approximate surface area is 97.5 Å². The van der Waals surface area contributed by atoms with E-state index in [1.807, 2.05) is 12.1 Å². The molecule has 0 aliphatic carbocycles. The largest absolute Gasteiger partial charge is 0.478 e. The predicted molar refractivity (Wildman–Crippen MR) is 61.5 cm³/mol. The van der Waals surface area contributed by atoms with Crippen LogP contribution in [0.25, 0.3) is 11.3 Å². The zero-order chi connectivity index (χ0) is 11.8. The number of carboxylic acids is 1. The van der Waals surface area contributed by atoms with Crippen molar-refractivity contribution in [1.82, 2.24) is 15.3 Å². The summed E-state index contributed by atoms with van der Waals surface area (Å²) < 4.78 is 0. The number of nitrogens with one attached hydrogen (secondary N) is 2. The van der Waals surface area contributed by atoms with Crippen molar-refractivity contribution in [3.8, 4) is 11.3 Å². The summed E-state index contributed by atoms with van der Waals surface area (Å²) in [5, 5.41) is 12.4. The van der Waals surface area contributed by atoms with Crippen molar-refractivity contribution in [3.05, 3.63) is 41.3 Å². The minimum Gasteiger partial charge on any atom is -0.478 e. The van der Waals surface area contributed by atoms with Gasteiger partial charge in [-0.05, 0) is 11.6 Å². The van der Waals surface area contributed by atoms with Crippen LogP contribution in [0.5, 0.6) is 0 Å². The first-order chi connectivity index (χ1) is 8.27. The molecule has 0 saturated carbocycles. The van der Waals surface area contributed by atoms with E-state index in [-0.39, 0.29) is 5.56 Å². The molecule has 17 heavy (non-hydrogen) atoms. The minimum atomic E-state index is -0.930. The third-order valence-corrected chi connectivity index (χ3v) is 2.94. The van der Waals surface area contributed by atoms with Gasteiger partial charge in [0.05, 0.1) is 11.3 Å². The lowest BCUT2D eigenvalue weighted by molar-refractivity contribution is 0.0698. The molecule has 5 nitrogen and oxygen atoms in total. The Morgan fingerprint density at radius 1 is 1.41 bits per heavy atom. The zero-order valence-electron chi connectivity index (χ0n) is 9.03. The lowest BCUT2D eigenvalue weighted by Gasteiger charge is -2.05. The van der Waals surface area contributed by atoms with Gasteiger partial charge in [0.2, 0.25) is 0 Å². The smallest absolute Gasteiger partial charge is 0.337 e. The Bertz CT molecular complexity index is 589. The molecule has 0 aromatic carbocycles. The summed E-state index contributed by atoms with van der Waals surface area (Å²) in [5.41, 5.74) is 3.64. The fourth-order valence-corrected chi connectivity index (χ4v) is 2.17.